The highest BCUT2D eigenvalue weighted by molar-refractivity contribution is 7.83. The molecule has 0 saturated heterocycles. The molecule has 0 aromatic rings. The average molecular weight is 132 g/mol. The van der Waals surface area contributed by atoms with Gasteiger partial charge in [-0.1, -0.05) is 0 Å². The highest BCUT2D eigenvalue weighted by atomic mass is 32.1. The molecule has 0 aromatic carbocycles. The van der Waals surface area contributed by atoms with Gasteiger partial charge in [0.1, 0.15) is 11.0 Å². The molecule has 0 amide bonds. The number of carbonyl (C=O) groups excluding carboxylic acids is 2. The van der Waals surface area contributed by atoms with Crippen molar-refractivity contribution in [3.8, 4) is 0 Å². The third-order valence-electron chi connectivity index (χ3n) is 0.942. The SMILES string of the molecule is CC(=O)C(C)(S)C=O. The summed E-state index contributed by atoms with van der Waals surface area (Å²) in [5.41, 5.74) is 0. The van der Waals surface area contributed by atoms with Crippen LogP contribution in [0.15, 0.2) is 0 Å². The normalized spacial score (nSPS) is 16.9. The Balaban J connectivity index is 4.12. The number of hydrogen-bond acceptors (Lipinski definition) is 3. The number of Topliss-reactive ketones (excluding diaryl/α,β-unsaturated/α-hetero) is 1. The zero-order valence-electron chi connectivity index (χ0n) is 4.84. The molecule has 1 unspecified atom stereocenters. The van der Waals surface area contributed by atoms with Crippen molar-refractivity contribution in [2.24, 2.45) is 0 Å². The van der Waals surface area contributed by atoms with Crippen LogP contribution in [0.4, 0.5) is 0 Å². The van der Waals surface area contributed by atoms with Crippen LogP contribution in [0.5, 0.6) is 0 Å². The first-order chi connectivity index (χ1) is 3.50. The topological polar surface area (TPSA) is 34.1 Å². The quantitative estimate of drug-likeness (QED) is 0.336. The van der Waals surface area contributed by atoms with Gasteiger partial charge in [-0.2, -0.15) is 12.6 Å². The van der Waals surface area contributed by atoms with Crippen LogP contribution in [0.25, 0.3) is 0 Å². The van der Waals surface area contributed by atoms with Crippen molar-refractivity contribution in [1.29, 1.82) is 0 Å². The first-order valence-corrected chi connectivity index (χ1v) is 2.65. The second-order valence-corrected chi connectivity index (χ2v) is 2.75. The van der Waals surface area contributed by atoms with Gasteiger partial charge in [0.25, 0.3) is 0 Å². The lowest BCUT2D eigenvalue weighted by Gasteiger charge is -2.08. The lowest BCUT2D eigenvalue weighted by atomic mass is 10.1. The van der Waals surface area contributed by atoms with Gasteiger partial charge in [-0.3, -0.25) is 4.79 Å². The summed E-state index contributed by atoms with van der Waals surface area (Å²) in [5, 5.41) is 0. The van der Waals surface area contributed by atoms with Gasteiger partial charge in [-0.15, -0.1) is 0 Å². The van der Waals surface area contributed by atoms with Crippen molar-refractivity contribution < 1.29 is 9.59 Å². The van der Waals surface area contributed by atoms with E-state index in [0.29, 0.717) is 6.29 Å². The molecule has 1 atom stereocenters. The van der Waals surface area contributed by atoms with E-state index in [4.69, 9.17) is 0 Å². The van der Waals surface area contributed by atoms with Crippen molar-refractivity contribution in [3.05, 3.63) is 0 Å². The lowest BCUT2D eigenvalue weighted by Crippen LogP contribution is -2.27. The summed E-state index contributed by atoms with van der Waals surface area (Å²) < 4.78 is -1.08. The van der Waals surface area contributed by atoms with E-state index in [1.807, 2.05) is 0 Å². The summed E-state index contributed by atoms with van der Waals surface area (Å²) in [7, 11) is 0. The summed E-state index contributed by atoms with van der Waals surface area (Å²) in [4.78, 5) is 20.4. The van der Waals surface area contributed by atoms with Crippen molar-refractivity contribution in [3.63, 3.8) is 0 Å². The summed E-state index contributed by atoms with van der Waals surface area (Å²) in [6.45, 7) is 2.80. The zero-order chi connectivity index (χ0) is 6.78. The molecule has 0 heterocycles. The van der Waals surface area contributed by atoms with Crippen LogP contribution >= 0.6 is 12.6 Å². The number of hydrogen-bond donors (Lipinski definition) is 1. The summed E-state index contributed by atoms with van der Waals surface area (Å²) >= 11 is 3.76. The third kappa shape index (κ3) is 1.66. The molecule has 0 bridgehead atoms. The minimum atomic E-state index is -1.08. The largest absolute Gasteiger partial charge is 0.301 e. The maximum absolute atomic E-state index is 10.4. The molecule has 3 heteroatoms. The molecule has 0 rings (SSSR count). The van der Waals surface area contributed by atoms with E-state index < -0.39 is 4.75 Å². The third-order valence-corrected chi connectivity index (χ3v) is 1.36. The average Bonchev–Trinajstić information content (AvgIpc) is 1.67. The Kier molecular flexibility index (Phi) is 2.22. The first-order valence-electron chi connectivity index (χ1n) is 2.20. The minimum Gasteiger partial charge on any atom is -0.301 e. The molecule has 0 saturated carbocycles. The molecular weight excluding hydrogens is 124 g/mol. The molecule has 0 aromatic heterocycles. The van der Waals surface area contributed by atoms with Gasteiger partial charge in [-0.25, -0.2) is 0 Å². The lowest BCUT2D eigenvalue weighted by molar-refractivity contribution is -0.123. The molecule has 0 aliphatic rings. The monoisotopic (exact) mass is 132 g/mol. The summed E-state index contributed by atoms with van der Waals surface area (Å²) in [5.74, 6) is -0.226. The molecule has 0 fully saturated rings. The van der Waals surface area contributed by atoms with Crippen LogP contribution in [0.2, 0.25) is 0 Å². The number of aldehydes is 1. The molecule has 46 valence electrons. The molecule has 0 radical (unpaired) electrons. The summed E-state index contributed by atoms with van der Waals surface area (Å²) in [6, 6.07) is 0. The smallest absolute Gasteiger partial charge is 0.152 e. The van der Waals surface area contributed by atoms with Crippen LogP contribution < -0.4 is 0 Å². The first kappa shape index (κ1) is 7.69. The highest BCUT2D eigenvalue weighted by Gasteiger charge is 2.22. The summed E-state index contributed by atoms with van der Waals surface area (Å²) in [6.07, 6.45) is 0.526. The predicted octanol–water partition coefficient (Wildman–Crippen LogP) is 0.463. The Morgan fingerprint density at radius 3 is 2.12 bits per heavy atom. The van der Waals surface area contributed by atoms with Crippen molar-refractivity contribution in [2.45, 2.75) is 18.6 Å². The highest BCUT2D eigenvalue weighted by Crippen LogP contribution is 2.09. The van der Waals surface area contributed by atoms with E-state index in [1.165, 1.54) is 13.8 Å². The van der Waals surface area contributed by atoms with Gasteiger partial charge in [0.05, 0.1) is 0 Å². The maximum atomic E-state index is 10.4. The number of carbonyl (C=O) groups is 2. The van der Waals surface area contributed by atoms with Crippen LogP contribution in [0.3, 0.4) is 0 Å². The van der Waals surface area contributed by atoms with Gasteiger partial charge >= 0.3 is 0 Å². The second-order valence-electron chi connectivity index (χ2n) is 1.82. The number of rotatable bonds is 2. The Labute approximate surface area is 53.7 Å². The van der Waals surface area contributed by atoms with Crippen LogP contribution in [0, 0.1) is 0 Å². The predicted molar refractivity (Wildman–Crippen MR) is 34.1 cm³/mol. The molecule has 0 N–H and O–H groups in total. The molecule has 0 aliphatic heterocycles. The van der Waals surface area contributed by atoms with E-state index in [2.05, 4.69) is 12.6 Å². The second kappa shape index (κ2) is 2.31. The Hall–Kier alpha value is -0.310. The van der Waals surface area contributed by atoms with E-state index in [0.717, 1.165) is 0 Å². The van der Waals surface area contributed by atoms with Gasteiger partial charge in [0.15, 0.2) is 5.78 Å². The Morgan fingerprint density at radius 2 is 2.12 bits per heavy atom. The van der Waals surface area contributed by atoms with Gasteiger partial charge in [-0.05, 0) is 13.8 Å². The van der Waals surface area contributed by atoms with Crippen LogP contribution in [0.1, 0.15) is 13.8 Å². The minimum absolute atomic E-state index is 0.226. The van der Waals surface area contributed by atoms with Crippen molar-refractivity contribution >= 4 is 24.7 Å². The number of ketones is 1. The van der Waals surface area contributed by atoms with Crippen molar-refractivity contribution in [2.75, 3.05) is 0 Å². The Morgan fingerprint density at radius 1 is 1.75 bits per heavy atom. The standard InChI is InChI=1S/C5H8O2S/c1-4(7)5(2,8)3-6/h3,8H,1-2H3. The molecule has 0 aliphatic carbocycles. The van der Waals surface area contributed by atoms with E-state index >= 15 is 0 Å². The molecule has 2 nitrogen and oxygen atoms in total. The van der Waals surface area contributed by atoms with E-state index in [1.54, 1.807) is 0 Å². The fraction of sp³-hybridized carbons (Fsp3) is 0.600. The van der Waals surface area contributed by atoms with Crippen LogP contribution in [-0.4, -0.2) is 16.8 Å². The van der Waals surface area contributed by atoms with E-state index in [-0.39, 0.29) is 5.78 Å². The number of thiol groups is 1. The maximum Gasteiger partial charge on any atom is 0.152 e. The van der Waals surface area contributed by atoms with Gasteiger partial charge in [0.2, 0.25) is 0 Å². The molecular formula is C5H8O2S. The van der Waals surface area contributed by atoms with Crippen molar-refractivity contribution in [1.82, 2.24) is 0 Å². The fourth-order valence-electron chi connectivity index (χ4n) is 0.0830. The zero-order valence-corrected chi connectivity index (χ0v) is 5.74. The molecule has 0 spiro atoms. The van der Waals surface area contributed by atoms with Gasteiger partial charge < -0.3 is 4.79 Å². The Bertz CT molecular complexity index is 118. The van der Waals surface area contributed by atoms with Crippen LogP contribution in [-0.2, 0) is 9.59 Å². The van der Waals surface area contributed by atoms with Gasteiger partial charge in [0, 0.05) is 0 Å². The fourth-order valence-corrected chi connectivity index (χ4v) is 0.0830. The van der Waals surface area contributed by atoms with E-state index in [9.17, 15) is 9.59 Å². The molecule has 8 heavy (non-hydrogen) atoms.